The summed E-state index contributed by atoms with van der Waals surface area (Å²) in [7, 11) is 1.69. The minimum absolute atomic E-state index is 0.672. The number of hydrogen-bond acceptors (Lipinski definition) is 4. The van der Waals surface area contributed by atoms with Crippen LogP contribution in [0.5, 0.6) is 5.75 Å². The maximum absolute atomic E-state index is 6.41. The Morgan fingerprint density at radius 3 is 2.77 bits per heavy atom. The van der Waals surface area contributed by atoms with Crippen molar-refractivity contribution in [1.29, 1.82) is 0 Å². The van der Waals surface area contributed by atoms with E-state index in [0.717, 1.165) is 68.4 Å². The van der Waals surface area contributed by atoms with Crippen molar-refractivity contribution in [2.45, 2.75) is 19.9 Å². The van der Waals surface area contributed by atoms with Crippen molar-refractivity contribution in [3.05, 3.63) is 58.6 Å². The highest BCUT2D eigenvalue weighted by atomic mass is 35.5. The van der Waals surface area contributed by atoms with Gasteiger partial charge in [-0.05, 0) is 61.0 Å². The molecule has 0 unspecified atom stereocenters. The van der Waals surface area contributed by atoms with Gasteiger partial charge in [-0.1, -0.05) is 29.8 Å². The van der Waals surface area contributed by atoms with Crippen LogP contribution in [0.1, 0.15) is 17.5 Å². The number of ether oxygens (including phenoxy) is 2. The molecule has 0 spiro atoms. The lowest BCUT2D eigenvalue weighted by Crippen LogP contribution is -2.40. The van der Waals surface area contributed by atoms with E-state index in [-0.39, 0.29) is 0 Å². The number of nitrogens with one attached hydrogen (secondary N) is 1. The molecule has 0 radical (unpaired) electrons. The number of nitrogens with zero attached hydrogens (tertiary/aromatic N) is 2. The Labute approximate surface area is 189 Å². The van der Waals surface area contributed by atoms with Gasteiger partial charge in [0.15, 0.2) is 5.11 Å². The summed E-state index contributed by atoms with van der Waals surface area (Å²) in [5.41, 5.74) is 3.10. The van der Waals surface area contributed by atoms with Crippen molar-refractivity contribution < 1.29 is 9.47 Å². The van der Waals surface area contributed by atoms with E-state index in [1.54, 1.807) is 7.11 Å². The summed E-state index contributed by atoms with van der Waals surface area (Å²) in [4.78, 5) is 4.64. The lowest BCUT2D eigenvalue weighted by atomic mass is 10.2. The standard InChI is InChI=1S/C23H30ClN3O2S/c1-18-7-8-22(21(24)15-18)25-23(30)27(10-4-9-26-11-13-29-14-12-26)17-19-5-3-6-20(16-19)28-2/h3,5-8,15-16H,4,9-14,17H2,1-2H3,(H,25,30). The van der Waals surface area contributed by atoms with E-state index >= 15 is 0 Å². The fourth-order valence-corrected chi connectivity index (χ4v) is 4.02. The van der Waals surface area contributed by atoms with E-state index in [1.807, 2.05) is 37.3 Å². The molecule has 7 heteroatoms. The summed E-state index contributed by atoms with van der Waals surface area (Å²) in [6.45, 7) is 8.24. The van der Waals surface area contributed by atoms with Gasteiger partial charge >= 0.3 is 0 Å². The largest absolute Gasteiger partial charge is 0.497 e. The Bertz CT molecular complexity index is 843. The quantitative estimate of drug-likeness (QED) is 0.597. The van der Waals surface area contributed by atoms with E-state index in [4.69, 9.17) is 33.3 Å². The van der Waals surface area contributed by atoms with Crippen molar-refractivity contribution in [2.75, 3.05) is 51.8 Å². The molecule has 0 aromatic heterocycles. The molecule has 5 nitrogen and oxygen atoms in total. The molecule has 1 aliphatic rings. The smallest absolute Gasteiger partial charge is 0.173 e. The van der Waals surface area contributed by atoms with Gasteiger partial charge in [0, 0.05) is 32.7 Å². The molecular weight excluding hydrogens is 418 g/mol. The highest BCUT2D eigenvalue weighted by molar-refractivity contribution is 7.80. The highest BCUT2D eigenvalue weighted by Crippen LogP contribution is 2.23. The molecule has 1 N–H and O–H groups in total. The van der Waals surface area contributed by atoms with Gasteiger partial charge < -0.3 is 19.7 Å². The first-order valence-electron chi connectivity index (χ1n) is 10.3. The third-order valence-electron chi connectivity index (χ3n) is 5.17. The van der Waals surface area contributed by atoms with Gasteiger partial charge in [-0.25, -0.2) is 0 Å². The summed E-state index contributed by atoms with van der Waals surface area (Å²) in [5, 5.41) is 4.68. The molecule has 0 saturated carbocycles. The van der Waals surface area contributed by atoms with E-state index in [0.29, 0.717) is 16.7 Å². The second-order valence-corrected chi connectivity index (χ2v) is 8.29. The number of rotatable bonds is 8. The second-order valence-electron chi connectivity index (χ2n) is 7.49. The summed E-state index contributed by atoms with van der Waals surface area (Å²) >= 11 is 12.2. The first-order valence-corrected chi connectivity index (χ1v) is 11.1. The average Bonchev–Trinajstić information content (AvgIpc) is 2.76. The third-order valence-corrected chi connectivity index (χ3v) is 5.84. The molecule has 3 rings (SSSR count). The Kier molecular flexibility index (Phi) is 8.75. The van der Waals surface area contributed by atoms with Crippen LogP contribution >= 0.6 is 23.8 Å². The molecule has 0 bridgehead atoms. The normalized spacial score (nSPS) is 14.4. The van der Waals surface area contributed by atoms with Crippen LogP contribution in [0.4, 0.5) is 5.69 Å². The highest BCUT2D eigenvalue weighted by Gasteiger charge is 2.15. The molecule has 1 heterocycles. The first kappa shape index (κ1) is 22.8. The number of benzene rings is 2. The van der Waals surface area contributed by atoms with E-state index < -0.39 is 0 Å². The number of aryl methyl sites for hydroxylation is 1. The van der Waals surface area contributed by atoms with Gasteiger partial charge in [-0.15, -0.1) is 0 Å². The van der Waals surface area contributed by atoms with Crippen LogP contribution in [0.2, 0.25) is 5.02 Å². The summed E-state index contributed by atoms with van der Waals surface area (Å²) in [6.07, 6.45) is 1.02. The summed E-state index contributed by atoms with van der Waals surface area (Å²) in [5.74, 6) is 0.848. The van der Waals surface area contributed by atoms with Crippen LogP contribution in [0.25, 0.3) is 0 Å². The van der Waals surface area contributed by atoms with E-state index in [9.17, 15) is 0 Å². The molecule has 1 aliphatic heterocycles. The van der Waals surface area contributed by atoms with Crippen LogP contribution in [0.3, 0.4) is 0 Å². The third kappa shape index (κ3) is 6.84. The Balaban J connectivity index is 1.67. The van der Waals surface area contributed by atoms with Crippen LogP contribution < -0.4 is 10.1 Å². The molecular formula is C23H30ClN3O2S. The molecule has 1 saturated heterocycles. The molecule has 0 atom stereocenters. The minimum Gasteiger partial charge on any atom is -0.497 e. The number of anilines is 1. The Hall–Kier alpha value is -1.86. The van der Waals surface area contributed by atoms with Crippen LogP contribution in [0.15, 0.2) is 42.5 Å². The number of halogens is 1. The number of morpholine rings is 1. The molecule has 162 valence electrons. The lowest BCUT2D eigenvalue weighted by Gasteiger charge is -2.30. The zero-order valence-corrected chi connectivity index (χ0v) is 19.3. The zero-order chi connectivity index (χ0) is 21.3. The molecule has 0 aliphatic carbocycles. The molecule has 2 aromatic rings. The molecule has 30 heavy (non-hydrogen) atoms. The minimum atomic E-state index is 0.672. The zero-order valence-electron chi connectivity index (χ0n) is 17.7. The van der Waals surface area contributed by atoms with Crippen LogP contribution in [-0.4, -0.2) is 61.4 Å². The second kappa shape index (κ2) is 11.5. The van der Waals surface area contributed by atoms with Gasteiger partial charge in [0.25, 0.3) is 0 Å². The van der Waals surface area contributed by atoms with Gasteiger partial charge in [-0.2, -0.15) is 0 Å². The van der Waals surface area contributed by atoms with Crippen molar-refractivity contribution in [3.63, 3.8) is 0 Å². The Morgan fingerprint density at radius 2 is 2.03 bits per heavy atom. The summed E-state index contributed by atoms with van der Waals surface area (Å²) in [6, 6.07) is 14.1. The SMILES string of the molecule is COc1cccc(CN(CCCN2CCOCC2)C(=S)Nc2ccc(C)cc2Cl)c1. The number of methoxy groups -OCH3 is 1. The maximum Gasteiger partial charge on any atom is 0.173 e. The van der Waals surface area contributed by atoms with E-state index in [1.165, 1.54) is 0 Å². The average molecular weight is 448 g/mol. The maximum atomic E-state index is 6.41. The van der Waals surface area contributed by atoms with Gasteiger partial charge in [-0.3, -0.25) is 4.90 Å². The van der Waals surface area contributed by atoms with Crippen molar-refractivity contribution in [3.8, 4) is 5.75 Å². The van der Waals surface area contributed by atoms with Crippen LogP contribution in [0, 0.1) is 6.92 Å². The van der Waals surface area contributed by atoms with Crippen LogP contribution in [-0.2, 0) is 11.3 Å². The number of thiocarbonyl (C=S) groups is 1. The number of hydrogen-bond donors (Lipinski definition) is 1. The van der Waals surface area contributed by atoms with E-state index in [2.05, 4.69) is 27.2 Å². The predicted octanol–water partition coefficient (Wildman–Crippen LogP) is 4.58. The monoisotopic (exact) mass is 447 g/mol. The van der Waals surface area contributed by atoms with Gasteiger partial charge in [0.05, 0.1) is 31.0 Å². The first-order chi connectivity index (χ1) is 14.5. The Morgan fingerprint density at radius 1 is 1.23 bits per heavy atom. The van der Waals surface area contributed by atoms with Crippen molar-refractivity contribution in [1.82, 2.24) is 9.80 Å². The fraction of sp³-hybridized carbons (Fsp3) is 0.435. The predicted molar refractivity (Wildman–Crippen MR) is 128 cm³/mol. The van der Waals surface area contributed by atoms with Gasteiger partial charge in [0.1, 0.15) is 5.75 Å². The molecule has 1 fully saturated rings. The fourth-order valence-electron chi connectivity index (χ4n) is 3.47. The van der Waals surface area contributed by atoms with Crippen molar-refractivity contribution in [2.24, 2.45) is 0 Å². The van der Waals surface area contributed by atoms with Crippen molar-refractivity contribution >= 4 is 34.6 Å². The topological polar surface area (TPSA) is 37.0 Å². The van der Waals surface area contributed by atoms with Gasteiger partial charge in [0.2, 0.25) is 0 Å². The molecule has 2 aromatic carbocycles. The molecule has 0 amide bonds. The lowest BCUT2D eigenvalue weighted by molar-refractivity contribution is 0.0368. The summed E-state index contributed by atoms with van der Waals surface area (Å²) < 4.78 is 10.8.